The monoisotopic (exact) mass is 400 g/mol. The van der Waals surface area contributed by atoms with Crippen LogP contribution in [0.2, 0.25) is 0 Å². The van der Waals surface area contributed by atoms with Gasteiger partial charge in [-0.15, -0.1) is 0 Å². The van der Waals surface area contributed by atoms with E-state index in [1.165, 1.54) is 0 Å². The third kappa shape index (κ3) is 4.51. The average Bonchev–Trinajstić information content (AvgIpc) is 2.75. The van der Waals surface area contributed by atoms with Crippen molar-refractivity contribution in [1.29, 1.82) is 10.5 Å². The van der Waals surface area contributed by atoms with Gasteiger partial charge in [-0.3, -0.25) is 0 Å². The number of unbranched alkanes of at least 4 members (excludes halogenated alkanes) is 1. The standard InChI is InChI=1S/C24H20N2O4/c1-16(2)24(27)29-12-6-5-11-28-18-9-10-20-22(13-18)30-21-8-4-3-7-19(21)23(20)17(14-25)15-26/h3-4,7-10,13H,1,5-6,11-12H2,2H3. The van der Waals surface area contributed by atoms with Crippen molar-refractivity contribution in [2.75, 3.05) is 13.2 Å². The maximum atomic E-state index is 11.3. The lowest BCUT2D eigenvalue weighted by molar-refractivity contribution is -0.139. The van der Waals surface area contributed by atoms with Gasteiger partial charge in [-0.05, 0) is 38.0 Å². The van der Waals surface area contributed by atoms with Gasteiger partial charge in [-0.2, -0.15) is 10.5 Å². The number of ether oxygens (including phenoxy) is 3. The minimum Gasteiger partial charge on any atom is -0.493 e. The molecule has 1 aliphatic rings. The lowest BCUT2D eigenvalue weighted by atomic mass is 9.90. The van der Waals surface area contributed by atoms with Gasteiger partial charge in [-0.1, -0.05) is 24.8 Å². The van der Waals surface area contributed by atoms with Crippen LogP contribution in [0.5, 0.6) is 17.2 Å². The van der Waals surface area contributed by atoms with Crippen LogP contribution in [0.3, 0.4) is 0 Å². The van der Waals surface area contributed by atoms with Crippen LogP contribution in [0.25, 0.3) is 5.57 Å². The molecule has 0 atom stereocenters. The van der Waals surface area contributed by atoms with E-state index in [1.807, 2.05) is 30.3 Å². The quantitative estimate of drug-likeness (QED) is 0.242. The van der Waals surface area contributed by atoms with E-state index < -0.39 is 0 Å². The van der Waals surface area contributed by atoms with Gasteiger partial charge >= 0.3 is 5.97 Å². The number of para-hydroxylation sites is 1. The Hall–Kier alpha value is -4.03. The summed E-state index contributed by atoms with van der Waals surface area (Å²) in [7, 11) is 0. The normalized spacial score (nSPS) is 11.1. The first kappa shape index (κ1) is 20.7. The van der Waals surface area contributed by atoms with Crippen molar-refractivity contribution < 1.29 is 19.0 Å². The van der Waals surface area contributed by atoms with Crippen molar-refractivity contribution in [1.82, 2.24) is 0 Å². The second kappa shape index (κ2) is 9.45. The van der Waals surface area contributed by atoms with Gasteiger partial charge in [0.1, 0.15) is 35.0 Å². The van der Waals surface area contributed by atoms with E-state index in [9.17, 15) is 15.3 Å². The highest BCUT2D eigenvalue weighted by molar-refractivity contribution is 5.93. The van der Waals surface area contributed by atoms with E-state index in [1.54, 1.807) is 31.2 Å². The number of fused-ring (bicyclic) bond motifs is 2. The number of nitrogens with zero attached hydrogens (tertiary/aromatic N) is 2. The molecule has 0 N–H and O–H groups in total. The predicted molar refractivity (Wildman–Crippen MR) is 111 cm³/mol. The number of hydrogen-bond donors (Lipinski definition) is 0. The fraction of sp³-hybridized carbons (Fsp3) is 0.208. The van der Waals surface area contributed by atoms with Crippen LogP contribution >= 0.6 is 0 Å². The minimum absolute atomic E-state index is 0.0324. The highest BCUT2D eigenvalue weighted by atomic mass is 16.5. The van der Waals surface area contributed by atoms with E-state index >= 15 is 0 Å². The Bertz CT molecular complexity index is 1090. The number of carbonyl (C=O) groups excluding carboxylic acids is 1. The molecule has 0 saturated heterocycles. The number of carbonyl (C=O) groups is 1. The van der Waals surface area contributed by atoms with Crippen LogP contribution in [-0.2, 0) is 9.53 Å². The summed E-state index contributed by atoms with van der Waals surface area (Å²) in [6, 6.07) is 16.6. The van der Waals surface area contributed by atoms with E-state index in [2.05, 4.69) is 6.58 Å². The Morgan fingerprint density at radius 1 is 1.03 bits per heavy atom. The molecule has 0 fully saturated rings. The van der Waals surface area contributed by atoms with E-state index in [0.29, 0.717) is 65.6 Å². The van der Waals surface area contributed by atoms with Crippen LogP contribution in [0.4, 0.5) is 0 Å². The molecule has 2 aromatic carbocycles. The number of allylic oxidation sites excluding steroid dienone is 1. The number of hydrogen-bond acceptors (Lipinski definition) is 6. The Labute approximate surface area is 175 Å². The van der Waals surface area contributed by atoms with E-state index in [4.69, 9.17) is 14.2 Å². The fourth-order valence-electron chi connectivity index (χ4n) is 3.00. The van der Waals surface area contributed by atoms with Crippen molar-refractivity contribution in [2.45, 2.75) is 19.8 Å². The molecule has 6 heteroatoms. The first-order valence-corrected chi connectivity index (χ1v) is 9.46. The van der Waals surface area contributed by atoms with Crippen molar-refractivity contribution in [3.63, 3.8) is 0 Å². The van der Waals surface area contributed by atoms with Crippen LogP contribution in [0, 0.1) is 22.7 Å². The molecule has 0 amide bonds. The topological polar surface area (TPSA) is 92.3 Å². The molecule has 2 aromatic rings. The van der Waals surface area contributed by atoms with Gasteiger partial charge in [0.2, 0.25) is 0 Å². The summed E-state index contributed by atoms with van der Waals surface area (Å²) < 4.78 is 16.8. The SMILES string of the molecule is C=C(C)C(=O)OCCCCOc1ccc2c(c1)Oc1ccccc1C2=C(C#N)C#N. The van der Waals surface area contributed by atoms with E-state index in [0.717, 1.165) is 0 Å². The number of benzene rings is 2. The first-order chi connectivity index (χ1) is 14.5. The lowest BCUT2D eigenvalue weighted by Crippen LogP contribution is -2.08. The molecule has 0 radical (unpaired) electrons. The summed E-state index contributed by atoms with van der Waals surface area (Å²) >= 11 is 0. The van der Waals surface area contributed by atoms with Crippen molar-refractivity contribution in [3.05, 3.63) is 71.3 Å². The third-order valence-electron chi connectivity index (χ3n) is 4.46. The highest BCUT2D eigenvalue weighted by Crippen LogP contribution is 2.45. The molecule has 1 heterocycles. The molecule has 0 bridgehead atoms. The van der Waals surface area contributed by atoms with Gasteiger partial charge in [0, 0.05) is 28.3 Å². The zero-order chi connectivity index (χ0) is 21.5. The molecule has 6 nitrogen and oxygen atoms in total. The Morgan fingerprint density at radius 2 is 1.73 bits per heavy atom. The summed E-state index contributed by atoms with van der Waals surface area (Å²) in [5.74, 6) is 1.34. The summed E-state index contributed by atoms with van der Waals surface area (Å²) in [4.78, 5) is 11.3. The highest BCUT2D eigenvalue weighted by Gasteiger charge is 2.25. The van der Waals surface area contributed by atoms with E-state index in [-0.39, 0.29) is 11.5 Å². The number of esters is 1. The first-order valence-electron chi connectivity index (χ1n) is 9.46. The van der Waals surface area contributed by atoms with Gasteiger partial charge in [0.25, 0.3) is 0 Å². The molecule has 0 spiro atoms. The molecule has 0 aliphatic carbocycles. The molecule has 3 rings (SSSR count). The summed E-state index contributed by atoms with van der Waals surface area (Å²) in [5.41, 5.74) is 2.35. The maximum absolute atomic E-state index is 11.3. The number of rotatable bonds is 7. The Morgan fingerprint density at radius 3 is 2.47 bits per heavy atom. The van der Waals surface area contributed by atoms with Crippen LogP contribution in [0.15, 0.2) is 60.2 Å². The second-order valence-electron chi connectivity index (χ2n) is 6.70. The summed E-state index contributed by atoms with van der Waals surface area (Å²) in [6.45, 7) is 5.91. The molecular weight excluding hydrogens is 380 g/mol. The molecule has 0 saturated carbocycles. The van der Waals surface area contributed by atoms with Crippen LogP contribution in [-0.4, -0.2) is 19.2 Å². The second-order valence-corrected chi connectivity index (χ2v) is 6.70. The molecular formula is C24H20N2O4. The van der Waals surface area contributed by atoms with Crippen LogP contribution in [0.1, 0.15) is 30.9 Å². The van der Waals surface area contributed by atoms with Crippen molar-refractivity contribution in [3.8, 4) is 29.4 Å². The molecule has 150 valence electrons. The summed E-state index contributed by atoms with van der Waals surface area (Å²) in [5, 5.41) is 18.8. The molecule has 0 aromatic heterocycles. The molecule has 0 unspecified atom stereocenters. The van der Waals surface area contributed by atoms with Crippen molar-refractivity contribution in [2.24, 2.45) is 0 Å². The third-order valence-corrected chi connectivity index (χ3v) is 4.46. The Balaban J connectivity index is 1.70. The number of nitriles is 2. The Kier molecular flexibility index (Phi) is 6.52. The van der Waals surface area contributed by atoms with Gasteiger partial charge in [-0.25, -0.2) is 4.79 Å². The largest absolute Gasteiger partial charge is 0.493 e. The van der Waals surface area contributed by atoms with Gasteiger partial charge < -0.3 is 14.2 Å². The average molecular weight is 400 g/mol. The zero-order valence-corrected chi connectivity index (χ0v) is 16.6. The molecule has 1 aliphatic heterocycles. The summed E-state index contributed by atoms with van der Waals surface area (Å²) in [6.07, 6.45) is 1.39. The predicted octanol–water partition coefficient (Wildman–Crippen LogP) is 4.92. The lowest BCUT2D eigenvalue weighted by Gasteiger charge is -2.23. The van der Waals surface area contributed by atoms with Crippen molar-refractivity contribution >= 4 is 11.5 Å². The minimum atomic E-state index is -0.388. The smallest absolute Gasteiger partial charge is 0.333 e. The zero-order valence-electron chi connectivity index (χ0n) is 16.6. The maximum Gasteiger partial charge on any atom is 0.333 e. The fourth-order valence-corrected chi connectivity index (χ4v) is 3.00. The van der Waals surface area contributed by atoms with Gasteiger partial charge in [0.15, 0.2) is 0 Å². The molecule has 30 heavy (non-hydrogen) atoms. The van der Waals surface area contributed by atoms with Gasteiger partial charge in [0.05, 0.1) is 13.2 Å². The van der Waals surface area contributed by atoms with Crippen LogP contribution < -0.4 is 9.47 Å².